The summed E-state index contributed by atoms with van der Waals surface area (Å²) in [7, 11) is 4.61. The quantitative estimate of drug-likeness (QED) is 0.591. The summed E-state index contributed by atoms with van der Waals surface area (Å²) in [6.07, 6.45) is 1.79. The number of benzene rings is 1. The van der Waals surface area contributed by atoms with Gasteiger partial charge in [0, 0.05) is 5.02 Å². The first-order chi connectivity index (χ1) is 7.06. The molecule has 0 amide bonds. The van der Waals surface area contributed by atoms with E-state index in [1.54, 1.807) is 24.8 Å². The molecule has 0 spiro atoms. The second-order valence-corrected chi connectivity index (χ2v) is 3.15. The second kappa shape index (κ2) is 12.0. The van der Waals surface area contributed by atoms with Gasteiger partial charge < -0.3 is 0 Å². The van der Waals surface area contributed by atoms with Crippen molar-refractivity contribution in [2.45, 2.75) is 6.92 Å². The monoisotopic (exact) mass is 423 g/mol. The summed E-state index contributed by atoms with van der Waals surface area (Å²) >= 11 is 7.25. The van der Waals surface area contributed by atoms with Gasteiger partial charge in [-0.1, -0.05) is 42.0 Å². The summed E-state index contributed by atoms with van der Waals surface area (Å²) in [5.74, 6) is 0. The van der Waals surface area contributed by atoms with E-state index < -0.39 is 0 Å². The van der Waals surface area contributed by atoms with Crippen molar-refractivity contribution in [3.05, 3.63) is 60.5 Å². The third kappa shape index (κ3) is 14.0. The Hall–Kier alpha value is -0.0317. The van der Waals surface area contributed by atoms with E-state index in [0.29, 0.717) is 0 Å². The Labute approximate surface area is 113 Å². The normalized spacial score (nSPS) is 7.60. The van der Waals surface area contributed by atoms with E-state index in [0.717, 1.165) is 16.2 Å². The maximum absolute atomic E-state index is 5.63. The summed E-state index contributed by atoms with van der Waals surface area (Å²) in [5, 5.41) is 0.764. The van der Waals surface area contributed by atoms with Gasteiger partial charge in [-0.05, 0) is 31.5 Å². The van der Waals surface area contributed by atoms with Gasteiger partial charge in [0.2, 0.25) is 0 Å². The topological polar surface area (TPSA) is 0 Å². The summed E-state index contributed by atoms with van der Waals surface area (Å²) in [5.41, 5.74) is 2.01. The predicted molar refractivity (Wildman–Crippen MR) is 67.6 cm³/mol. The minimum absolute atomic E-state index is 0.764. The van der Waals surface area contributed by atoms with Crippen LogP contribution in [0.15, 0.2) is 43.0 Å². The molecule has 0 bridgehead atoms. The van der Waals surface area contributed by atoms with Crippen LogP contribution >= 0.6 is 21.0 Å². The van der Waals surface area contributed by atoms with E-state index >= 15 is 0 Å². The first-order valence-corrected chi connectivity index (χ1v) is 7.23. The molecule has 3 heteroatoms. The van der Waals surface area contributed by atoms with Gasteiger partial charge in [0.1, 0.15) is 0 Å². The van der Waals surface area contributed by atoms with Gasteiger partial charge in [0.15, 0.2) is 0 Å². The Kier molecular flexibility index (Phi) is 13.9. The number of rotatable bonds is 1. The summed E-state index contributed by atoms with van der Waals surface area (Å²) in [4.78, 5) is 0. The van der Waals surface area contributed by atoms with E-state index in [4.69, 9.17) is 11.6 Å². The Morgan fingerprint density at radius 2 is 1.60 bits per heavy atom. The standard InChI is InChI=1S/C8H7Cl.C4H7.ClH.Pt/c1-2-7-3-5-8(9)6-4-7;1-4(2)3;;/h2-6H,1H2;1-2H2,3H3;1H;/q;;;+1/p-1. The van der Waals surface area contributed by atoms with E-state index in [1.165, 1.54) is 0 Å². The van der Waals surface area contributed by atoms with Crippen molar-refractivity contribution in [3.63, 3.8) is 0 Å². The van der Waals surface area contributed by atoms with E-state index in [9.17, 15) is 0 Å². The van der Waals surface area contributed by atoms with Crippen LogP contribution in [0, 0.1) is 6.92 Å². The average molecular weight is 424 g/mol. The molecule has 1 aromatic rings. The zero-order chi connectivity index (χ0) is 12.3. The van der Waals surface area contributed by atoms with Crippen molar-refractivity contribution in [1.82, 2.24) is 0 Å². The molecule has 1 radical (unpaired) electrons. The van der Waals surface area contributed by atoms with Crippen LogP contribution in [0.5, 0.6) is 0 Å². The number of allylic oxidation sites excluding steroid dienone is 1. The molecule has 0 fully saturated rings. The zero-order valence-electron chi connectivity index (χ0n) is 8.58. The molecular weight excluding hydrogens is 410 g/mol. The van der Waals surface area contributed by atoms with E-state index in [1.807, 2.05) is 31.2 Å². The van der Waals surface area contributed by atoms with Crippen LogP contribution in [0.2, 0.25) is 5.02 Å². The van der Waals surface area contributed by atoms with Crippen LogP contribution in [0.1, 0.15) is 12.5 Å². The first-order valence-electron chi connectivity index (χ1n) is 4.03. The maximum atomic E-state index is 5.63. The summed E-state index contributed by atoms with van der Waals surface area (Å²) < 4.78 is 0. The zero-order valence-corrected chi connectivity index (χ0v) is 12.4. The first kappa shape index (κ1) is 17.4. The summed E-state index contributed by atoms with van der Waals surface area (Å²) in [6, 6.07) is 7.54. The Balaban J connectivity index is 0. The summed E-state index contributed by atoms with van der Waals surface area (Å²) in [6.45, 7) is 12.4. The van der Waals surface area contributed by atoms with Crippen molar-refractivity contribution in [2.75, 3.05) is 0 Å². The Morgan fingerprint density at radius 3 is 1.87 bits per heavy atom. The molecule has 0 atom stereocenters. The molecule has 0 N–H and O–H groups in total. The second-order valence-electron chi connectivity index (χ2n) is 2.71. The number of hydrogen-bond acceptors (Lipinski definition) is 0. The molecule has 0 aromatic heterocycles. The van der Waals surface area contributed by atoms with Crippen molar-refractivity contribution in [3.8, 4) is 0 Å². The van der Waals surface area contributed by atoms with Crippen molar-refractivity contribution in [1.29, 1.82) is 0 Å². The molecule has 0 aliphatic carbocycles. The molecule has 0 unspecified atom stereocenters. The average Bonchev–Trinajstić information content (AvgIpc) is 2.21. The van der Waals surface area contributed by atoms with Gasteiger partial charge >= 0.3 is 28.2 Å². The van der Waals surface area contributed by atoms with Crippen molar-refractivity contribution in [2.24, 2.45) is 0 Å². The molecule has 1 rings (SSSR count). The Bertz CT molecular complexity index is 274. The van der Waals surface area contributed by atoms with Crippen molar-refractivity contribution >= 4 is 27.1 Å². The Morgan fingerprint density at radius 1 is 1.27 bits per heavy atom. The molecule has 0 nitrogen and oxygen atoms in total. The van der Waals surface area contributed by atoms with E-state index in [2.05, 4.69) is 29.5 Å². The molecule has 0 saturated heterocycles. The number of halogens is 2. The molecule has 0 aliphatic rings. The third-order valence-electron chi connectivity index (χ3n) is 1.11. The van der Waals surface area contributed by atoms with Gasteiger partial charge in [-0.3, -0.25) is 0 Å². The van der Waals surface area contributed by atoms with Crippen LogP contribution in [-0.4, -0.2) is 0 Å². The van der Waals surface area contributed by atoms with Crippen LogP contribution in [-0.2, 0) is 18.8 Å². The van der Waals surface area contributed by atoms with Crippen LogP contribution < -0.4 is 0 Å². The van der Waals surface area contributed by atoms with Crippen LogP contribution in [0.4, 0.5) is 0 Å². The molecule has 86 valence electrons. The van der Waals surface area contributed by atoms with Gasteiger partial charge in [0.25, 0.3) is 0 Å². The minimum atomic E-state index is 0.764. The number of hydrogen-bond donors (Lipinski definition) is 0. The van der Waals surface area contributed by atoms with Gasteiger partial charge in [-0.25, -0.2) is 0 Å². The molecule has 0 aliphatic heterocycles. The SMILES string of the molecule is C=Cc1ccc(Cl)cc1.[CH2]C(=C)C.[Cl][Pt]. The van der Waals surface area contributed by atoms with Gasteiger partial charge in [0.05, 0.1) is 0 Å². The molecule has 1 aromatic carbocycles. The fraction of sp³-hybridized carbons (Fsp3) is 0.0833. The fourth-order valence-corrected chi connectivity index (χ4v) is 0.725. The fourth-order valence-electron chi connectivity index (χ4n) is 0.599. The van der Waals surface area contributed by atoms with Gasteiger partial charge in [-0.2, -0.15) is 0 Å². The van der Waals surface area contributed by atoms with Gasteiger partial charge in [-0.15, -0.1) is 6.58 Å². The molecular formula is C12H14Cl2Pt. The van der Waals surface area contributed by atoms with E-state index in [-0.39, 0.29) is 0 Å². The molecule has 0 saturated carbocycles. The van der Waals surface area contributed by atoms with Crippen LogP contribution in [0.25, 0.3) is 6.08 Å². The predicted octanol–water partition coefficient (Wildman–Crippen LogP) is 5.07. The molecule has 0 heterocycles. The third-order valence-corrected chi connectivity index (χ3v) is 1.36. The molecule has 15 heavy (non-hydrogen) atoms. The van der Waals surface area contributed by atoms with Crippen LogP contribution in [0.3, 0.4) is 0 Å². The van der Waals surface area contributed by atoms with Crippen molar-refractivity contribution < 1.29 is 18.8 Å².